The highest BCUT2D eigenvalue weighted by Crippen LogP contribution is 2.41. The monoisotopic (exact) mass is 325 g/mol. The molecule has 3 nitrogen and oxygen atoms in total. The van der Waals surface area contributed by atoms with E-state index in [1.807, 2.05) is 0 Å². The molecule has 1 aliphatic rings. The van der Waals surface area contributed by atoms with Crippen LogP contribution in [0.4, 0.5) is 13.2 Å². The number of ether oxygens (including phenoxy) is 2. The Morgan fingerprint density at radius 3 is 2.44 bits per heavy atom. The van der Waals surface area contributed by atoms with Crippen molar-refractivity contribution in [2.75, 3.05) is 6.54 Å². The maximum Gasteiger partial charge on any atom is 0.573 e. The minimum atomic E-state index is -4.71. The Bertz CT molecular complexity index is 446. The smallest absolute Gasteiger partial charge is 0.486 e. The molecular weight excluding hydrogens is 315 g/mol. The summed E-state index contributed by atoms with van der Waals surface area (Å²) < 4.78 is 45.9. The second-order valence-corrected chi connectivity index (χ2v) is 4.98. The normalized spacial score (nSPS) is 17.4. The summed E-state index contributed by atoms with van der Waals surface area (Å²) in [6, 6.07) is 4.08. The number of rotatable bonds is 4. The van der Waals surface area contributed by atoms with Crippen LogP contribution < -0.4 is 15.2 Å². The van der Waals surface area contributed by atoms with Crippen LogP contribution in [0.5, 0.6) is 11.5 Å². The summed E-state index contributed by atoms with van der Waals surface area (Å²) in [4.78, 5) is 0. The maximum absolute atomic E-state index is 12.1. The van der Waals surface area contributed by atoms with Crippen LogP contribution in [0, 0.1) is 0 Å². The minimum Gasteiger partial charge on any atom is -0.486 e. The maximum atomic E-state index is 12.1. The number of hydrogen-bond donors (Lipinski definition) is 1. The topological polar surface area (TPSA) is 44.5 Å². The molecule has 0 radical (unpaired) electrons. The highest BCUT2D eigenvalue weighted by atomic mass is 79.9. The van der Waals surface area contributed by atoms with Gasteiger partial charge in [0.15, 0.2) is 0 Å². The second kappa shape index (κ2) is 4.62. The molecule has 0 spiro atoms. The standard InChI is InChI=1S/C11H11BrF3NO2/c12-8-5-7(17-10(6-16)3-4-10)1-2-9(8)18-11(13,14)15/h1-2,5H,3-4,6,16H2. The summed E-state index contributed by atoms with van der Waals surface area (Å²) in [5, 5.41) is 0. The van der Waals surface area contributed by atoms with Crippen molar-refractivity contribution in [3.63, 3.8) is 0 Å². The summed E-state index contributed by atoms with van der Waals surface area (Å²) in [6.45, 7) is 0.394. The minimum absolute atomic E-state index is 0.185. The van der Waals surface area contributed by atoms with Crippen molar-refractivity contribution in [1.29, 1.82) is 0 Å². The Kier molecular flexibility index (Phi) is 3.46. The van der Waals surface area contributed by atoms with Gasteiger partial charge in [0.25, 0.3) is 0 Å². The molecule has 0 unspecified atom stereocenters. The predicted octanol–water partition coefficient (Wildman–Crippen LogP) is 3.22. The van der Waals surface area contributed by atoms with Gasteiger partial charge < -0.3 is 15.2 Å². The Morgan fingerprint density at radius 2 is 2.00 bits per heavy atom. The van der Waals surface area contributed by atoms with Crippen LogP contribution in [0.1, 0.15) is 12.8 Å². The van der Waals surface area contributed by atoms with E-state index < -0.39 is 6.36 Å². The van der Waals surface area contributed by atoms with E-state index in [2.05, 4.69) is 20.7 Å². The van der Waals surface area contributed by atoms with Gasteiger partial charge in [-0.3, -0.25) is 0 Å². The third-order valence-corrected chi connectivity index (χ3v) is 3.26. The van der Waals surface area contributed by atoms with Crippen molar-refractivity contribution in [1.82, 2.24) is 0 Å². The van der Waals surface area contributed by atoms with Crippen LogP contribution in [0.25, 0.3) is 0 Å². The first-order chi connectivity index (χ1) is 8.34. The van der Waals surface area contributed by atoms with Crippen molar-refractivity contribution < 1.29 is 22.6 Å². The second-order valence-electron chi connectivity index (χ2n) is 4.13. The van der Waals surface area contributed by atoms with Gasteiger partial charge in [0.05, 0.1) is 4.47 Å². The quantitative estimate of drug-likeness (QED) is 0.924. The molecule has 7 heteroatoms. The number of alkyl halides is 3. The zero-order valence-electron chi connectivity index (χ0n) is 9.26. The third kappa shape index (κ3) is 3.29. The zero-order valence-corrected chi connectivity index (χ0v) is 10.8. The zero-order chi connectivity index (χ0) is 13.4. The Balaban J connectivity index is 2.10. The molecule has 0 atom stereocenters. The van der Waals surface area contributed by atoms with Gasteiger partial charge in [0.1, 0.15) is 17.1 Å². The summed E-state index contributed by atoms with van der Waals surface area (Å²) in [5.41, 5.74) is 5.22. The van der Waals surface area contributed by atoms with Gasteiger partial charge in [-0.2, -0.15) is 0 Å². The highest BCUT2D eigenvalue weighted by Gasteiger charge is 2.44. The van der Waals surface area contributed by atoms with Gasteiger partial charge in [-0.1, -0.05) is 0 Å². The predicted molar refractivity (Wildman–Crippen MR) is 62.5 cm³/mol. The lowest BCUT2D eigenvalue weighted by molar-refractivity contribution is -0.274. The molecule has 0 saturated heterocycles. The average molecular weight is 326 g/mol. The van der Waals surface area contributed by atoms with Crippen molar-refractivity contribution in [3.05, 3.63) is 22.7 Å². The van der Waals surface area contributed by atoms with Crippen LogP contribution in [-0.4, -0.2) is 18.5 Å². The Labute approximate surface area is 110 Å². The first-order valence-electron chi connectivity index (χ1n) is 5.28. The first kappa shape index (κ1) is 13.5. The van der Waals surface area contributed by atoms with E-state index in [0.717, 1.165) is 12.8 Å². The van der Waals surface area contributed by atoms with Crippen LogP contribution in [-0.2, 0) is 0 Å². The summed E-state index contributed by atoms with van der Waals surface area (Å²) in [5.74, 6) is 0.173. The summed E-state index contributed by atoms with van der Waals surface area (Å²) in [6.07, 6.45) is -2.98. The lowest BCUT2D eigenvalue weighted by Gasteiger charge is -2.17. The molecular formula is C11H11BrF3NO2. The molecule has 1 aliphatic carbocycles. The first-order valence-corrected chi connectivity index (χ1v) is 6.07. The number of hydrogen-bond acceptors (Lipinski definition) is 3. The van der Waals surface area contributed by atoms with E-state index in [1.54, 1.807) is 0 Å². The molecule has 0 aromatic heterocycles. The van der Waals surface area contributed by atoms with Crippen molar-refractivity contribution in [2.24, 2.45) is 5.73 Å². The SMILES string of the molecule is NCC1(Oc2ccc(OC(F)(F)F)c(Br)c2)CC1. The van der Waals surface area contributed by atoms with E-state index in [9.17, 15) is 13.2 Å². The fraction of sp³-hybridized carbons (Fsp3) is 0.455. The van der Waals surface area contributed by atoms with Crippen LogP contribution >= 0.6 is 15.9 Å². The van der Waals surface area contributed by atoms with Gasteiger partial charge >= 0.3 is 6.36 Å². The van der Waals surface area contributed by atoms with E-state index in [1.165, 1.54) is 18.2 Å². The molecule has 2 N–H and O–H groups in total. The van der Waals surface area contributed by atoms with Gasteiger partial charge in [-0.15, -0.1) is 13.2 Å². The Hall–Kier alpha value is -0.950. The molecule has 0 amide bonds. The molecule has 0 heterocycles. The molecule has 1 aromatic rings. The molecule has 1 fully saturated rings. The van der Waals surface area contributed by atoms with E-state index in [4.69, 9.17) is 10.5 Å². The van der Waals surface area contributed by atoms with E-state index >= 15 is 0 Å². The largest absolute Gasteiger partial charge is 0.573 e. The van der Waals surface area contributed by atoms with Crippen LogP contribution in [0.15, 0.2) is 22.7 Å². The summed E-state index contributed by atoms with van der Waals surface area (Å²) in [7, 11) is 0. The average Bonchev–Trinajstić information content (AvgIpc) is 3.01. The lowest BCUT2D eigenvalue weighted by Crippen LogP contribution is -2.28. The molecule has 1 aromatic carbocycles. The van der Waals surface area contributed by atoms with Crippen molar-refractivity contribution in [3.8, 4) is 11.5 Å². The van der Waals surface area contributed by atoms with E-state index in [0.29, 0.717) is 12.3 Å². The molecule has 0 bridgehead atoms. The molecule has 18 heavy (non-hydrogen) atoms. The van der Waals surface area contributed by atoms with Gasteiger partial charge in [0, 0.05) is 6.54 Å². The lowest BCUT2D eigenvalue weighted by atomic mass is 10.3. The number of benzene rings is 1. The fourth-order valence-corrected chi connectivity index (χ4v) is 1.93. The van der Waals surface area contributed by atoms with Crippen molar-refractivity contribution >= 4 is 15.9 Å². The van der Waals surface area contributed by atoms with Gasteiger partial charge in [-0.25, -0.2) is 0 Å². The molecule has 0 aliphatic heterocycles. The third-order valence-electron chi connectivity index (χ3n) is 2.64. The fourth-order valence-electron chi connectivity index (χ4n) is 1.49. The van der Waals surface area contributed by atoms with E-state index in [-0.39, 0.29) is 15.8 Å². The summed E-state index contributed by atoms with van der Waals surface area (Å²) >= 11 is 3.01. The number of halogens is 4. The van der Waals surface area contributed by atoms with Crippen molar-refractivity contribution in [2.45, 2.75) is 24.8 Å². The van der Waals surface area contributed by atoms with Crippen LogP contribution in [0.2, 0.25) is 0 Å². The molecule has 100 valence electrons. The highest BCUT2D eigenvalue weighted by molar-refractivity contribution is 9.10. The Morgan fingerprint density at radius 1 is 1.33 bits per heavy atom. The van der Waals surface area contributed by atoms with Gasteiger partial charge in [-0.05, 0) is 47.0 Å². The molecule has 1 saturated carbocycles. The van der Waals surface area contributed by atoms with Gasteiger partial charge in [0.2, 0.25) is 0 Å². The van der Waals surface area contributed by atoms with Crippen LogP contribution in [0.3, 0.4) is 0 Å². The molecule has 2 rings (SSSR count). The number of nitrogens with two attached hydrogens (primary N) is 1.